The van der Waals surface area contributed by atoms with Gasteiger partial charge in [0.2, 0.25) is 5.28 Å². The SMILES string of the molecule is O=C1COc2ccc(-c3ccnc(Cl)n3)cc2N1. The molecule has 0 spiro atoms. The molecule has 3 rings (SSSR count). The molecule has 6 heteroatoms. The second-order valence-corrected chi connectivity index (χ2v) is 4.10. The van der Waals surface area contributed by atoms with Gasteiger partial charge in [-0.05, 0) is 35.9 Å². The van der Waals surface area contributed by atoms with Crippen LogP contribution in [0.1, 0.15) is 0 Å². The second kappa shape index (κ2) is 4.27. The number of anilines is 1. The molecule has 2 aromatic rings. The standard InChI is InChI=1S/C12H8ClN3O2/c13-12-14-4-3-8(16-12)7-1-2-10-9(5-7)15-11(17)6-18-10/h1-5H,6H2,(H,15,17). The topological polar surface area (TPSA) is 64.1 Å². The van der Waals surface area contributed by atoms with E-state index < -0.39 is 0 Å². The lowest BCUT2D eigenvalue weighted by Crippen LogP contribution is -2.25. The van der Waals surface area contributed by atoms with Gasteiger partial charge in [-0.1, -0.05) is 0 Å². The molecule has 1 aliphatic heterocycles. The summed E-state index contributed by atoms with van der Waals surface area (Å²) in [6.07, 6.45) is 1.58. The average molecular weight is 262 g/mol. The van der Waals surface area contributed by atoms with Crippen LogP contribution in [0.2, 0.25) is 5.28 Å². The van der Waals surface area contributed by atoms with E-state index in [1.54, 1.807) is 24.4 Å². The minimum absolute atomic E-state index is 0.0473. The molecule has 1 N–H and O–H groups in total. The molecular formula is C12H8ClN3O2. The molecule has 1 aliphatic rings. The van der Waals surface area contributed by atoms with E-state index in [2.05, 4.69) is 15.3 Å². The highest BCUT2D eigenvalue weighted by Gasteiger charge is 2.16. The minimum Gasteiger partial charge on any atom is -0.482 e. The molecule has 5 nitrogen and oxygen atoms in total. The molecule has 0 unspecified atom stereocenters. The Morgan fingerprint density at radius 3 is 3.06 bits per heavy atom. The molecule has 90 valence electrons. The van der Waals surface area contributed by atoms with Crippen molar-refractivity contribution < 1.29 is 9.53 Å². The quantitative estimate of drug-likeness (QED) is 0.799. The Labute approximate surface area is 108 Å². The maximum absolute atomic E-state index is 11.2. The van der Waals surface area contributed by atoms with Crippen molar-refractivity contribution in [2.45, 2.75) is 0 Å². The first-order valence-electron chi connectivity index (χ1n) is 5.28. The van der Waals surface area contributed by atoms with Crippen LogP contribution in [0.3, 0.4) is 0 Å². The van der Waals surface area contributed by atoms with Gasteiger partial charge in [-0.25, -0.2) is 9.97 Å². The third kappa shape index (κ3) is 2.00. The molecule has 0 radical (unpaired) electrons. The van der Waals surface area contributed by atoms with Crippen LogP contribution < -0.4 is 10.1 Å². The molecule has 1 aromatic carbocycles. The van der Waals surface area contributed by atoms with Crippen LogP contribution >= 0.6 is 11.6 Å². The molecule has 1 amide bonds. The van der Waals surface area contributed by atoms with E-state index in [9.17, 15) is 4.79 Å². The summed E-state index contributed by atoms with van der Waals surface area (Å²) in [7, 11) is 0. The number of hydrogen-bond acceptors (Lipinski definition) is 4. The lowest BCUT2D eigenvalue weighted by Gasteiger charge is -2.18. The largest absolute Gasteiger partial charge is 0.482 e. The summed E-state index contributed by atoms with van der Waals surface area (Å²) in [6, 6.07) is 7.19. The van der Waals surface area contributed by atoms with Crippen LogP contribution in [-0.4, -0.2) is 22.5 Å². The van der Waals surface area contributed by atoms with Gasteiger partial charge in [0, 0.05) is 11.8 Å². The van der Waals surface area contributed by atoms with Crippen molar-refractivity contribution in [3.8, 4) is 17.0 Å². The normalized spacial score (nSPS) is 13.5. The minimum atomic E-state index is -0.166. The van der Waals surface area contributed by atoms with Crippen molar-refractivity contribution in [1.29, 1.82) is 0 Å². The number of benzene rings is 1. The molecule has 1 aromatic heterocycles. The number of amides is 1. The van der Waals surface area contributed by atoms with Gasteiger partial charge in [0.15, 0.2) is 6.61 Å². The Kier molecular flexibility index (Phi) is 2.60. The van der Waals surface area contributed by atoms with Crippen molar-refractivity contribution in [2.24, 2.45) is 0 Å². The highest BCUT2D eigenvalue weighted by molar-refractivity contribution is 6.28. The monoisotopic (exact) mass is 261 g/mol. The van der Waals surface area contributed by atoms with Crippen LogP contribution in [0.4, 0.5) is 5.69 Å². The van der Waals surface area contributed by atoms with Gasteiger partial charge in [-0.2, -0.15) is 0 Å². The predicted molar refractivity (Wildman–Crippen MR) is 66.6 cm³/mol. The van der Waals surface area contributed by atoms with E-state index in [0.717, 1.165) is 5.56 Å². The van der Waals surface area contributed by atoms with E-state index >= 15 is 0 Å². The summed E-state index contributed by atoms with van der Waals surface area (Å²) in [5, 5.41) is 2.93. The molecule has 0 saturated heterocycles. The number of aromatic nitrogens is 2. The second-order valence-electron chi connectivity index (χ2n) is 3.76. The maximum atomic E-state index is 11.2. The molecule has 2 heterocycles. The van der Waals surface area contributed by atoms with Crippen molar-refractivity contribution in [1.82, 2.24) is 9.97 Å². The number of ether oxygens (including phenoxy) is 1. The van der Waals surface area contributed by atoms with E-state index in [1.807, 2.05) is 6.07 Å². The van der Waals surface area contributed by atoms with Gasteiger partial charge in [-0.3, -0.25) is 4.79 Å². The molecule has 0 atom stereocenters. The van der Waals surface area contributed by atoms with E-state index in [1.165, 1.54) is 0 Å². The summed E-state index contributed by atoms with van der Waals surface area (Å²) < 4.78 is 5.28. The number of rotatable bonds is 1. The first kappa shape index (κ1) is 11.0. The fourth-order valence-corrected chi connectivity index (χ4v) is 1.89. The van der Waals surface area contributed by atoms with Gasteiger partial charge >= 0.3 is 0 Å². The number of nitrogens with zero attached hydrogens (tertiary/aromatic N) is 2. The number of hydrogen-bond donors (Lipinski definition) is 1. The smallest absolute Gasteiger partial charge is 0.262 e. The molecule has 0 fully saturated rings. The summed E-state index contributed by atoms with van der Waals surface area (Å²) in [5.74, 6) is 0.485. The van der Waals surface area contributed by atoms with Crippen molar-refractivity contribution in [3.63, 3.8) is 0 Å². The zero-order valence-electron chi connectivity index (χ0n) is 9.18. The fourth-order valence-electron chi connectivity index (χ4n) is 1.74. The van der Waals surface area contributed by atoms with Crippen LogP contribution in [0.25, 0.3) is 11.3 Å². The average Bonchev–Trinajstić information content (AvgIpc) is 2.38. The first-order valence-corrected chi connectivity index (χ1v) is 5.66. The van der Waals surface area contributed by atoms with E-state index in [4.69, 9.17) is 16.3 Å². The Hall–Kier alpha value is -2.14. The van der Waals surface area contributed by atoms with Crippen molar-refractivity contribution in [3.05, 3.63) is 35.7 Å². The van der Waals surface area contributed by atoms with Crippen molar-refractivity contribution >= 4 is 23.2 Å². The summed E-state index contributed by atoms with van der Waals surface area (Å²) >= 11 is 5.74. The molecule has 0 saturated carbocycles. The van der Waals surface area contributed by atoms with Crippen LogP contribution in [0, 0.1) is 0 Å². The zero-order chi connectivity index (χ0) is 12.5. The van der Waals surface area contributed by atoms with Crippen LogP contribution in [0.15, 0.2) is 30.5 Å². The fraction of sp³-hybridized carbons (Fsp3) is 0.0833. The Morgan fingerprint density at radius 2 is 2.22 bits per heavy atom. The van der Waals surface area contributed by atoms with E-state index in [0.29, 0.717) is 17.1 Å². The lowest BCUT2D eigenvalue weighted by molar-refractivity contribution is -0.118. The zero-order valence-corrected chi connectivity index (χ0v) is 9.94. The number of carbonyl (C=O) groups is 1. The third-order valence-corrected chi connectivity index (χ3v) is 2.72. The van der Waals surface area contributed by atoms with Gasteiger partial charge in [0.25, 0.3) is 5.91 Å². The Balaban J connectivity index is 2.04. The Bertz CT molecular complexity index is 630. The molecule has 0 aliphatic carbocycles. The van der Waals surface area contributed by atoms with Gasteiger partial charge < -0.3 is 10.1 Å². The first-order chi connectivity index (χ1) is 8.72. The molecule has 0 bridgehead atoms. The highest BCUT2D eigenvalue weighted by Crippen LogP contribution is 2.32. The molecule has 18 heavy (non-hydrogen) atoms. The summed E-state index contributed by atoms with van der Waals surface area (Å²) in [5.41, 5.74) is 2.17. The maximum Gasteiger partial charge on any atom is 0.262 e. The van der Waals surface area contributed by atoms with Crippen LogP contribution in [0.5, 0.6) is 5.75 Å². The van der Waals surface area contributed by atoms with Gasteiger partial charge in [0.1, 0.15) is 5.75 Å². The van der Waals surface area contributed by atoms with Crippen LogP contribution in [-0.2, 0) is 4.79 Å². The number of halogens is 1. The number of nitrogens with one attached hydrogen (secondary N) is 1. The third-order valence-electron chi connectivity index (χ3n) is 2.53. The lowest BCUT2D eigenvalue weighted by atomic mass is 10.1. The summed E-state index contributed by atoms with van der Waals surface area (Å²) in [4.78, 5) is 19.2. The van der Waals surface area contributed by atoms with E-state index in [-0.39, 0.29) is 17.8 Å². The number of fused-ring (bicyclic) bond motifs is 1. The highest BCUT2D eigenvalue weighted by atomic mass is 35.5. The van der Waals surface area contributed by atoms with Crippen molar-refractivity contribution in [2.75, 3.05) is 11.9 Å². The van der Waals surface area contributed by atoms with Gasteiger partial charge in [0.05, 0.1) is 11.4 Å². The Morgan fingerprint density at radius 1 is 1.33 bits per heavy atom. The predicted octanol–water partition coefficient (Wildman–Crippen LogP) is 2.13. The summed E-state index contributed by atoms with van der Waals surface area (Å²) in [6.45, 7) is 0.0473. The van der Waals surface area contributed by atoms with Gasteiger partial charge in [-0.15, -0.1) is 0 Å². The molecular weight excluding hydrogens is 254 g/mol. The number of carbonyl (C=O) groups excluding carboxylic acids is 1.